The van der Waals surface area contributed by atoms with Gasteiger partial charge in [0.1, 0.15) is 0 Å². The SMILES string of the molecule is c1ccc(-c2c(C3CCCC3)c3c4c(C5CCCC5)c(-c5ccccc5)n(-c5ccc(-n6c7ccccc7c7ccccc76)cc5)c4c4ccccc4c3n2-c2ccc(-n3c4ccccc4c4ccccc43)cc2)cc1. The lowest BCUT2D eigenvalue weighted by Gasteiger charge is -2.18. The first-order chi connectivity index (χ1) is 37.8. The molecule has 14 aromatic rings. The minimum absolute atomic E-state index is 0.422. The Balaban J connectivity index is 1.03. The molecule has 10 aromatic carbocycles. The quantitative estimate of drug-likeness (QED) is 0.145. The summed E-state index contributed by atoms with van der Waals surface area (Å²) in [5, 5.41) is 10.6. The van der Waals surface area contributed by atoms with Crippen LogP contribution in [0.3, 0.4) is 0 Å². The highest BCUT2D eigenvalue weighted by atomic mass is 15.0. The zero-order valence-corrected chi connectivity index (χ0v) is 42.5. The van der Waals surface area contributed by atoms with Crippen molar-refractivity contribution in [2.45, 2.75) is 63.2 Å². The van der Waals surface area contributed by atoms with Gasteiger partial charge in [-0.3, -0.25) is 0 Å². The van der Waals surface area contributed by atoms with Crippen molar-refractivity contribution in [1.29, 1.82) is 0 Å². The van der Waals surface area contributed by atoms with Crippen molar-refractivity contribution in [3.63, 3.8) is 0 Å². The van der Waals surface area contributed by atoms with Crippen LogP contribution < -0.4 is 0 Å². The van der Waals surface area contributed by atoms with Crippen molar-refractivity contribution < 1.29 is 0 Å². The Kier molecular flexibility index (Phi) is 9.94. The third kappa shape index (κ3) is 6.43. The predicted molar refractivity (Wildman–Crippen MR) is 320 cm³/mol. The van der Waals surface area contributed by atoms with Crippen LogP contribution in [0, 0.1) is 0 Å². The molecule has 4 aromatic heterocycles. The molecule has 0 saturated heterocycles. The Morgan fingerprint density at radius 3 is 0.829 bits per heavy atom. The van der Waals surface area contributed by atoms with Gasteiger partial charge in [0.2, 0.25) is 0 Å². The lowest BCUT2D eigenvalue weighted by atomic mass is 9.86. The van der Waals surface area contributed by atoms with Crippen LogP contribution in [0.1, 0.15) is 74.3 Å². The predicted octanol–water partition coefficient (Wildman–Crippen LogP) is 19.6. The van der Waals surface area contributed by atoms with E-state index in [0.29, 0.717) is 11.8 Å². The molecule has 4 heteroatoms. The first kappa shape index (κ1) is 43.5. The second kappa shape index (κ2) is 17.4. The van der Waals surface area contributed by atoms with Gasteiger partial charge in [-0.1, -0.05) is 183 Å². The molecule has 0 aliphatic heterocycles. The molecule has 0 unspecified atom stereocenters. The molecule has 16 rings (SSSR count). The van der Waals surface area contributed by atoms with Gasteiger partial charge < -0.3 is 18.3 Å². The summed E-state index contributed by atoms with van der Waals surface area (Å²) in [6.07, 6.45) is 9.76. The van der Waals surface area contributed by atoms with E-state index in [9.17, 15) is 0 Å². The summed E-state index contributed by atoms with van der Waals surface area (Å²) in [6.45, 7) is 0. The number of rotatable bonds is 8. The van der Waals surface area contributed by atoms with Crippen LogP contribution in [-0.4, -0.2) is 18.3 Å². The maximum absolute atomic E-state index is 2.70. The molecule has 364 valence electrons. The summed E-state index contributed by atoms with van der Waals surface area (Å²) in [4.78, 5) is 0. The van der Waals surface area contributed by atoms with Crippen LogP contribution in [0.15, 0.2) is 231 Å². The van der Waals surface area contributed by atoms with Gasteiger partial charge in [-0.2, -0.15) is 0 Å². The van der Waals surface area contributed by atoms with E-state index in [4.69, 9.17) is 0 Å². The van der Waals surface area contributed by atoms with Gasteiger partial charge in [0, 0.05) is 65.8 Å². The minimum Gasteiger partial charge on any atom is -0.309 e. The summed E-state index contributed by atoms with van der Waals surface area (Å²) in [6, 6.07) is 86.6. The topological polar surface area (TPSA) is 19.7 Å². The van der Waals surface area contributed by atoms with Gasteiger partial charge in [0.25, 0.3) is 0 Å². The largest absolute Gasteiger partial charge is 0.309 e. The summed E-state index contributed by atoms with van der Waals surface area (Å²) < 4.78 is 10.3. The molecule has 0 bridgehead atoms. The van der Waals surface area contributed by atoms with E-state index in [1.165, 1.54) is 184 Å². The first-order valence-electron chi connectivity index (χ1n) is 27.7. The third-order valence-corrected chi connectivity index (χ3v) is 17.6. The Hall–Kier alpha value is -8.86. The maximum atomic E-state index is 2.70. The molecule has 0 amide bonds. The van der Waals surface area contributed by atoms with Crippen molar-refractivity contribution in [1.82, 2.24) is 18.3 Å². The lowest BCUT2D eigenvalue weighted by molar-refractivity contribution is 0.726. The average Bonchev–Trinajstić information content (AvgIpc) is 4.39. The molecule has 0 atom stereocenters. The molecule has 0 spiro atoms. The molecule has 2 saturated carbocycles. The van der Waals surface area contributed by atoms with E-state index >= 15 is 0 Å². The van der Waals surface area contributed by atoms with Crippen molar-refractivity contribution in [2.75, 3.05) is 0 Å². The Bertz CT molecular complexity index is 4150. The number of benzene rings is 10. The van der Waals surface area contributed by atoms with Crippen LogP contribution in [0.5, 0.6) is 0 Å². The smallest absolute Gasteiger partial charge is 0.0624 e. The molecular weight excluding hydrogens is 921 g/mol. The first-order valence-corrected chi connectivity index (χ1v) is 27.7. The van der Waals surface area contributed by atoms with Crippen LogP contribution in [0.2, 0.25) is 0 Å². The van der Waals surface area contributed by atoms with Crippen molar-refractivity contribution in [3.05, 3.63) is 242 Å². The van der Waals surface area contributed by atoms with E-state index < -0.39 is 0 Å². The highest BCUT2D eigenvalue weighted by molar-refractivity contribution is 6.29. The van der Waals surface area contributed by atoms with Crippen LogP contribution >= 0.6 is 0 Å². The highest BCUT2D eigenvalue weighted by Gasteiger charge is 2.36. The lowest BCUT2D eigenvalue weighted by Crippen LogP contribution is -2.02. The van der Waals surface area contributed by atoms with Gasteiger partial charge in [0.15, 0.2) is 0 Å². The second-order valence-corrected chi connectivity index (χ2v) is 21.7. The van der Waals surface area contributed by atoms with Crippen LogP contribution in [-0.2, 0) is 0 Å². The molecule has 2 fully saturated rings. The van der Waals surface area contributed by atoms with E-state index in [-0.39, 0.29) is 0 Å². The number of fused-ring (bicyclic) bond motifs is 12. The van der Waals surface area contributed by atoms with Crippen LogP contribution in [0.4, 0.5) is 0 Å². The fourth-order valence-electron chi connectivity index (χ4n) is 14.5. The standard InChI is InChI=1S/C72H56N4/c1-3-25-49(26-4-1)69-65(47-21-7-8-22-47)67-68-66(48-23-9-10-24-48)70(50-27-5-2-6-28-50)76(54-45-41-52(42-46-54)74-63-37-19-15-31-57(63)58-32-16-20-38-64(58)74)72(68)60-34-12-11-33-59(60)71(67)75(69)53-43-39-51(40-44-53)73-61-35-17-13-29-55(61)56-30-14-18-36-62(56)73/h1-6,11-20,25-48H,7-10,21-24H2. The van der Waals surface area contributed by atoms with Gasteiger partial charge in [-0.15, -0.1) is 0 Å². The number of nitrogens with zero attached hydrogens (tertiary/aromatic N) is 4. The van der Waals surface area contributed by atoms with Gasteiger partial charge in [0.05, 0.1) is 44.5 Å². The van der Waals surface area contributed by atoms with E-state index in [1.807, 2.05) is 0 Å². The molecule has 0 radical (unpaired) electrons. The maximum Gasteiger partial charge on any atom is 0.0624 e. The van der Waals surface area contributed by atoms with Crippen molar-refractivity contribution in [2.24, 2.45) is 0 Å². The zero-order valence-electron chi connectivity index (χ0n) is 42.5. The third-order valence-electron chi connectivity index (χ3n) is 17.6. The molecule has 2 aliphatic carbocycles. The number of hydrogen-bond acceptors (Lipinski definition) is 0. The fourth-order valence-corrected chi connectivity index (χ4v) is 14.5. The zero-order chi connectivity index (χ0) is 49.8. The monoisotopic (exact) mass is 976 g/mol. The fraction of sp³-hybridized carbons (Fsp3) is 0.139. The van der Waals surface area contributed by atoms with Gasteiger partial charge in [-0.05, 0) is 133 Å². The van der Waals surface area contributed by atoms with E-state index in [0.717, 1.165) is 0 Å². The van der Waals surface area contributed by atoms with Crippen LogP contribution in [0.25, 0.3) is 121 Å². The Morgan fingerprint density at radius 2 is 0.513 bits per heavy atom. The molecule has 2 aliphatic rings. The van der Waals surface area contributed by atoms with Crippen molar-refractivity contribution >= 4 is 76.2 Å². The van der Waals surface area contributed by atoms with E-state index in [1.54, 1.807) is 0 Å². The number of para-hydroxylation sites is 4. The normalized spacial score (nSPS) is 14.6. The summed E-state index contributed by atoms with van der Waals surface area (Å²) >= 11 is 0. The summed E-state index contributed by atoms with van der Waals surface area (Å²) in [5.41, 5.74) is 20.5. The van der Waals surface area contributed by atoms with Gasteiger partial charge in [-0.25, -0.2) is 0 Å². The summed E-state index contributed by atoms with van der Waals surface area (Å²) in [7, 11) is 0. The molecule has 0 N–H and O–H groups in total. The average molecular weight is 977 g/mol. The Morgan fingerprint density at radius 1 is 0.250 bits per heavy atom. The van der Waals surface area contributed by atoms with Gasteiger partial charge >= 0.3 is 0 Å². The number of hydrogen-bond donors (Lipinski definition) is 0. The van der Waals surface area contributed by atoms with E-state index in [2.05, 4.69) is 249 Å². The highest BCUT2D eigenvalue weighted by Crippen LogP contribution is 2.56. The molecule has 4 heterocycles. The molecular formula is C72H56N4. The van der Waals surface area contributed by atoms with Crippen molar-refractivity contribution in [3.8, 4) is 45.3 Å². The summed E-state index contributed by atoms with van der Waals surface area (Å²) in [5.74, 6) is 0.844. The number of aromatic nitrogens is 4. The minimum atomic E-state index is 0.422. The molecule has 4 nitrogen and oxygen atoms in total. The Labute approximate surface area is 442 Å². The second-order valence-electron chi connectivity index (χ2n) is 21.7. The molecule has 76 heavy (non-hydrogen) atoms.